The first-order valence-corrected chi connectivity index (χ1v) is 9.59. The second-order valence-electron chi connectivity index (χ2n) is 6.34. The van der Waals surface area contributed by atoms with Gasteiger partial charge in [0.1, 0.15) is 23.1 Å². The fraction of sp³-hybridized carbons (Fsp3) is 0.150. The topological polar surface area (TPSA) is 81.4 Å². The number of rotatable bonds is 4. The number of benzene rings is 2. The predicted octanol–water partition coefficient (Wildman–Crippen LogP) is 4.51. The van der Waals surface area contributed by atoms with E-state index in [9.17, 15) is 9.59 Å². The Labute approximate surface area is 173 Å². The molecule has 0 fully saturated rings. The van der Waals surface area contributed by atoms with Crippen molar-refractivity contribution in [3.8, 4) is 5.75 Å². The van der Waals surface area contributed by atoms with Crippen molar-refractivity contribution in [2.24, 2.45) is 0 Å². The SMILES string of the molecule is Cc1oncc1C(=O)NC1c2cc(Br)ccc2OC1C(=O)c1ccc(Cl)cc1. The molecule has 6 nitrogen and oxygen atoms in total. The summed E-state index contributed by atoms with van der Waals surface area (Å²) in [5, 5.41) is 7.05. The number of nitrogens with zero attached hydrogens (tertiary/aromatic N) is 1. The van der Waals surface area contributed by atoms with Crippen molar-refractivity contribution in [3.63, 3.8) is 0 Å². The van der Waals surface area contributed by atoms with Gasteiger partial charge in [-0.3, -0.25) is 9.59 Å². The Balaban J connectivity index is 1.69. The second kappa shape index (κ2) is 7.41. The summed E-state index contributed by atoms with van der Waals surface area (Å²) in [5.41, 5.74) is 1.46. The highest BCUT2D eigenvalue weighted by atomic mass is 79.9. The number of hydrogen-bond acceptors (Lipinski definition) is 5. The third-order valence-electron chi connectivity index (χ3n) is 4.53. The number of fused-ring (bicyclic) bond motifs is 1. The molecule has 8 heteroatoms. The van der Waals surface area contributed by atoms with Gasteiger partial charge >= 0.3 is 0 Å². The van der Waals surface area contributed by atoms with Crippen LogP contribution in [-0.2, 0) is 0 Å². The van der Waals surface area contributed by atoms with E-state index < -0.39 is 18.1 Å². The van der Waals surface area contributed by atoms with Crippen LogP contribution in [0, 0.1) is 6.92 Å². The third kappa shape index (κ3) is 3.43. The molecule has 1 amide bonds. The van der Waals surface area contributed by atoms with Crippen LogP contribution in [0.2, 0.25) is 5.02 Å². The van der Waals surface area contributed by atoms with Crippen LogP contribution in [0.25, 0.3) is 0 Å². The molecule has 0 bridgehead atoms. The molecule has 1 N–H and O–H groups in total. The van der Waals surface area contributed by atoms with E-state index in [-0.39, 0.29) is 5.78 Å². The maximum atomic E-state index is 13.1. The van der Waals surface area contributed by atoms with Gasteiger partial charge in [0.05, 0.1) is 6.20 Å². The Bertz CT molecular complexity index is 1060. The van der Waals surface area contributed by atoms with E-state index in [1.807, 2.05) is 12.1 Å². The summed E-state index contributed by atoms with van der Waals surface area (Å²) in [5.74, 6) is 0.291. The lowest BCUT2D eigenvalue weighted by atomic mass is 9.96. The molecule has 2 aromatic carbocycles. The highest BCUT2D eigenvalue weighted by Crippen LogP contribution is 2.39. The zero-order valence-corrected chi connectivity index (χ0v) is 17.0. The quantitative estimate of drug-likeness (QED) is 0.578. The zero-order valence-electron chi connectivity index (χ0n) is 14.6. The van der Waals surface area contributed by atoms with E-state index in [0.29, 0.717) is 33.2 Å². The highest BCUT2D eigenvalue weighted by molar-refractivity contribution is 9.10. The molecule has 0 spiro atoms. The van der Waals surface area contributed by atoms with Crippen molar-refractivity contribution in [1.29, 1.82) is 0 Å². The van der Waals surface area contributed by atoms with Gasteiger partial charge in [0.2, 0.25) is 5.78 Å². The first-order valence-electron chi connectivity index (χ1n) is 8.42. The summed E-state index contributed by atoms with van der Waals surface area (Å²) in [6, 6.07) is 11.3. The van der Waals surface area contributed by atoms with Gasteiger partial charge in [-0.25, -0.2) is 0 Å². The van der Waals surface area contributed by atoms with E-state index in [1.165, 1.54) is 6.20 Å². The predicted molar refractivity (Wildman–Crippen MR) is 106 cm³/mol. The van der Waals surface area contributed by atoms with Crippen molar-refractivity contribution in [3.05, 3.63) is 80.6 Å². The molecule has 2 atom stereocenters. The van der Waals surface area contributed by atoms with Crippen molar-refractivity contribution in [2.45, 2.75) is 19.1 Å². The lowest BCUT2D eigenvalue weighted by molar-refractivity contribution is 0.0748. The van der Waals surface area contributed by atoms with E-state index in [4.69, 9.17) is 20.9 Å². The van der Waals surface area contributed by atoms with Crippen LogP contribution >= 0.6 is 27.5 Å². The average Bonchev–Trinajstić information content (AvgIpc) is 3.25. The molecule has 28 heavy (non-hydrogen) atoms. The maximum absolute atomic E-state index is 13.1. The number of halogens is 2. The van der Waals surface area contributed by atoms with Gasteiger partial charge in [0, 0.05) is 20.6 Å². The van der Waals surface area contributed by atoms with Crippen molar-refractivity contribution < 1.29 is 18.8 Å². The molecule has 0 aliphatic carbocycles. The molecule has 1 aromatic heterocycles. The second-order valence-corrected chi connectivity index (χ2v) is 7.69. The minimum absolute atomic E-state index is 0.253. The number of ketones is 1. The lowest BCUT2D eigenvalue weighted by Gasteiger charge is -2.19. The van der Waals surface area contributed by atoms with Crippen LogP contribution in [0.5, 0.6) is 5.75 Å². The molecule has 0 saturated carbocycles. The molecular formula is C20H14BrClN2O4. The van der Waals surface area contributed by atoms with Gasteiger partial charge in [0.15, 0.2) is 6.10 Å². The summed E-state index contributed by atoms with van der Waals surface area (Å²) < 4.78 is 11.7. The highest BCUT2D eigenvalue weighted by Gasteiger charge is 2.41. The van der Waals surface area contributed by atoms with Gasteiger partial charge in [-0.15, -0.1) is 0 Å². The summed E-state index contributed by atoms with van der Waals surface area (Å²) in [6.45, 7) is 1.65. The average molecular weight is 462 g/mol. The van der Waals surface area contributed by atoms with Gasteiger partial charge < -0.3 is 14.6 Å². The van der Waals surface area contributed by atoms with E-state index in [2.05, 4.69) is 26.4 Å². The van der Waals surface area contributed by atoms with E-state index in [1.54, 1.807) is 37.3 Å². The van der Waals surface area contributed by atoms with Crippen LogP contribution in [0.3, 0.4) is 0 Å². The van der Waals surface area contributed by atoms with E-state index >= 15 is 0 Å². The Kier molecular flexibility index (Phi) is 4.95. The third-order valence-corrected chi connectivity index (χ3v) is 5.28. The van der Waals surface area contributed by atoms with Crippen LogP contribution in [0.15, 0.2) is 57.7 Å². The van der Waals surface area contributed by atoms with Crippen LogP contribution in [-0.4, -0.2) is 23.0 Å². The van der Waals surface area contributed by atoms with Crippen molar-refractivity contribution >= 4 is 39.2 Å². The number of nitrogens with one attached hydrogen (secondary N) is 1. The number of amides is 1. The van der Waals surface area contributed by atoms with Gasteiger partial charge in [-0.1, -0.05) is 32.7 Å². The summed E-state index contributed by atoms with van der Waals surface area (Å²) in [7, 11) is 0. The molecule has 4 rings (SSSR count). The van der Waals surface area contributed by atoms with Crippen molar-refractivity contribution in [1.82, 2.24) is 10.5 Å². The number of hydrogen-bond donors (Lipinski definition) is 1. The molecular weight excluding hydrogens is 448 g/mol. The molecule has 0 radical (unpaired) electrons. The molecule has 3 aromatic rings. The van der Waals surface area contributed by atoms with Crippen LogP contribution in [0.4, 0.5) is 0 Å². The molecule has 0 saturated heterocycles. The largest absolute Gasteiger partial charge is 0.479 e. The summed E-state index contributed by atoms with van der Waals surface area (Å²) >= 11 is 9.34. The number of ether oxygens (including phenoxy) is 1. The van der Waals surface area contributed by atoms with Gasteiger partial charge in [-0.05, 0) is 49.4 Å². The molecule has 1 aliphatic heterocycles. The lowest BCUT2D eigenvalue weighted by Crippen LogP contribution is -2.40. The standard InChI is InChI=1S/C20H14BrClN2O4/c1-10-15(9-23-28-10)20(26)24-17-14-8-12(21)4-7-16(14)27-19(17)18(25)11-2-5-13(22)6-3-11/h2-9,17,19H,1H3,(H,24,26). The molecule has 2 unspecified atom stereocenters. The molecule has 1 aliphatic rings. The number of carbonyl (C=O) groups is 2. The number of aryl methyl sites for hydroxylation is 1. The van der Waals surface area contributed by atoms with Crippen LogP contribution in [0.1, 0.15) is 38.1 Å². The monoisotopic (exact) mass is 460 g/mol. The van der Waals surface area contributed by atoms with E-state index in [0.717, 1.165) is 4.47 Å². The number of carbonyl (C=O) groups excluding carboxylic acids is 2. The normalized spacial score (nSPS) is 17.7. The smallest absolute Gasteiger partial charge is 0.257 e. The fourth-order valence-electron chi connectivity index (χ4n) is 3.11. The zero-order chi connectivity index (χ0) is 19.8. The van der Waals surface area contributed by atoms with Gasteiger partial charge in [0.25, 0.3) is 5.91 Å². The summed E-state index contributed by atoms with van der Waals surface area (Å²) in [4.78, 5) is 25.8. The Morgan fingerprint density at radius 2 is 1.93 bits per heavy atom. The first-order chi connectivity index (χ1) is 13.4. The Morgan fingerprint density at radius 3 is 2.61 bits per heavy atom. The Hall–Kier alpha value is -2.64. The fourth-order valence-corrected chi connectivity index (χ4v) is 3.61. The molecule has 142 valence electrons. The summed E-state index contributed by atoms with van der Waals surface area (Å²) in [6.07, 6.45) is 0.438. The van der Waals surface area contributed by atoms with Gasteiger partial charge in [-0.2, -0.15) is 0 Å². The van der Waals surface area contributed by atoms with Crippen molar-refractivity contribution in [2.75, 3.05) is 0 Å². The number of Topliss-reactive ketones (excluding diaryl/α,β-unsaturated/α-hetero) is 1. The first kappa shape index (κ1) is 18.7. The minimum atomic E-state index is -0.908. The Morgan fingerprint density at radius 1 is 1.18 bits per heavy atom. The molecule has 2 heterocycles. The van der Waals surface area contributed by atoms with Crippen LogP contribution < -0.4 is 10.1 Å². The number of aromatic nitrogens is 1. The minimum Gasteiger partial charge on any atom is -0.479 e. The maximum Gasteiger partial charge on any atom is 0.257 e.